The van der Waals surface area contributed by atoms with Gasteiger partial charge in [0.25, 0.3) is 9.84 Å². The monoisotopic (exact) mass is 276 g/mol. The summed E-state index contributed by atoms with van der Waals surface area (Å²) in [7, 11) is -5.36. The predicted molar refractivity (Wildman–Crippen MR) is 58.9 cm³/mol. The lowest BCUT2D eigenvalue weighted by Gasteiger charge is -2.08. The van der Waals surface area contributed by atoms with Crippen molar-refractivity contribution in [2.24, 2.45) is 0 Å². The molecule has 0 spiro atoms. The van der Waals surface area contributed by atoms with Crippen LogP contribution in [0.4, 0.5) is 13.2 Å². The summed E-state index contributed by atoms with van der Waals surface area (Å²) < 4.78 is 59.5. The lowest BCUT2D eigenvalue weighted by atomic mass is 10.1. The summed E-state index contributed by atoms with van der Waals surface area (Å²) in [6, 6.07) is 7.08. The van der Waals surface area contributed by atoms with Crippen LogP contribution >= 0.6 is 0 Å². The van der Waals surface area contributed by atoms with E-state index in [0.29, 0.717) is 5.39 Å². The summed E-state index contributed by atoms with van der Waals surface area (Å²) in [5.41, 5.74) is -5.34. The molecule has 0 aliphatic rings. The van der Waals surface area contributed by atoms with Crippen LogP contribution in [0.1, 0.15) is 0 Å². The third-order valence-corrected chi connectivity index (χ3v) is 3.89. The van der Waals surface area contributed by atoms with E-state index in [-0.39, 0.29) is 11.1 Å². The Kier molecular flexibility index (Phi) is 2.73. The second-order valence-corrected chi connectivity index (χ2v) is 5.58. The summed E-state index contributed by atoms with van der Waals surface area (Å²) >= 11 is 0. The molecule has 18 heavy (non-hydrogen) atoms. The highest BCUT2D eigenvalue weighted by Gasteiger charge is 2.46. The number of hydrogen-bond donors (Lipinski definition) is 1. The van der Waals surface area contributed by atoms with Gasteiger partial charge in [0.2, 0.25) is 0 Å². The van der Waals surface area contributed by atoms with Crippen LogP contribution in [0.3, 0.4) is 0 Å². The van der Waals surface area contributed by atoms with Crippen molar-refractivity contribution in [3.8, 4) is 5.75 Å². The summed E-state index contributed by atoms with van der Waals surface area (Å²) in [5.74, 6) is -0.149. The molecule has 0 atom stereocenters. The molecule has 0 aromatic heterocycles. The van der Waals surface area contributed by atoms with Gasteiger partial charge in [0.15, 0.2) is 0 Å². The van der Waals surface area contributed by atoms with E-state index in [4.69, 9.17) is 0 Å². The first-order chi connectivity index (χ1) is 8.22. The molecular formula is C11H7F3O3S. The average Bonchev–Trinajstić information content (AvgIpc) is 2.26. The first kappa shape index (κ1) is 12.7. The molecule has 1 N–H and O–H groups in total. The number of aromatic hydroxyl groups is 1. The molecule has 0 saturated heterocycles. The first-order valence-electron chi connectivity index (χ1n) is 4.76. The van der Waals surface area contributed by atoms with Gasteiger partial charge in [0.05, 0.1) is 4.90 Å². The lowest BCUT2D eigenvalue weighted by molar-refractivity contribution is -0.0435. The molecule has 0 aliphatic carbocycles. The van der Waals surface area contributed by atoms with Gasteiger partial charge < -0.3 is 5.11 Å². The number of phenols is 1. The smallest absolute Gasteiger partial charge is 0.501 e. The molecule has 0 unspecified atom stereocenters. The fourth-order valence-corrected chi connectivity index (χ4v) is 2.31. The number of alkyl halides is 3. The largest absolute Gasteiger partial charge is 0.508 e. The quantitative estimate of drug-likeness (QED) is 0.871. The van der Waals surface area contributed by atoms with E-state index in [1.807, 2.05) is 0 Å². The summed E-state index contributed by atoms with van der Waals surface area (Å²) in [4.78, 5) is -0.840. The highest BCUT2D eigenvalue weighted by atomic mass is 32.2. The Morgan fingerprint density at radius 2 is 1.56 bits per heavy atom. The molecule has 0 amide bonds. The molecule has 3 nitrogen and oxygen atoms in total. The summed E-state index contributed by atoms with van der Waals surface area (Å²) in [5, 5.41) is 9.97. The standard InChI is InChI=1S/C11H7F3O3S/c12-11(13,14)18(16,17)10-4-2-7-1-3-9(15)5-8(7)6-10/h1-6,15H. The molecule has 2 aromatic rings. The zero-order chi connectivity index (χ0) is 13.6. The SMILES string of the molecule is O=S(=O)(c1ccc2ccc(O)cc2c1)C(F)(F)F. The van der Waals surface area contributed by atoms with Crippen LogP contribution in [-0.2, 0) is 9.84 Å². The van der Waals surface area contributed by atoms with Crippen LogP contribution in [0.5, 0.6) is 5.75 Å². The number of benzene rings is 2. The van der Waals surface area contributed by atoms with Crippen LogP contribution in [0.15, 0.2) is 41.3 Å². The second kappa shape index (κ2) is 3.88. The Balaban J connectivity index is 2.68. The topological polar surface area (TPSA) is 54.4 Å². The van der Waals surface area contributed by atoms with Gasteiger partial charge in [-0.2, -0.15) is 13.2 Å². The third-order valence-electron chi connectivity index (χ3n) is 2.41. The molecule has 0 radical (unpaired) electrons. The van der Waals surface area contributed by atoms with Crippen LogP contribution in [0.2, 0.25) is 0 Å². The van der Waals surface area contributed by atoms with Gasteiger partial charge >= 0.3 is 5.51 Å². The lowest BCUT2D eigenvalue weighted by Crippen LogP contribution is -2.23. The van der Waals surface area contributed by atoms with E-state index in [1.54, 1.807) is 0 Å². The van der Waals surface area contributed by atoms with Crippen molar-refractivity contribution in [3.63, 3.8) is 0 Å². The summed E-state index contributed by atoms with van der Waals surface area (Å²) in [6.45, 7) is 0. The Labute approximate surface area is 100 Å². The summed E-state index contributed by atoms with van der Waals surface area (Å²) in [6.07, 6.45) is 0. The minimum atomic E-state index is -5.36. The van der Waals surface area contributed by atoms with Crippen molar-refractivity contribution in [2.45, 2.75) is 10.4 Å². The maximum absolute atomic E-state index is 12.4. The number of halogens is 3. The zero-order valence-electron chi connectivity index (χ0n) is 8.77. The maximum atomic E-state index is 12.4. The van der Waals surface area contributed by atoms with E-state index >= 15 is 0 Å². The molecular weight excluding hydrogens is 269 g/mol. The Hall–Kier alpha value is -1.76. The fraction of sp³-hybridized carbons (Fsp3) is 0.0909. The Morgan fingerprint density at radius 3 is 2.17 bits per heavy atom. The van der Waals surface area contributed by atoms with Gasteiger partial charge in [0.1, 0.15) is 5.75 Å². The Bertz CT molecular complexity index is 705. The molecule has 0 bridgehead atoms. The van der Waals surface area contributed by atoms with Gasteiger partial charge in [-0.3, -0.25) is 0 Å². The molecule has 0 aliphatic heterocycles. The highest BCUT2D eigenvalue weighted by Crippen LogP contribution is 2.32. The van der Waals surface area contributed by atoms with E-state index in [9.17, 15) is 26.7 Å². The van der Waals surface area contributed by atoms with Crippen molar-refractivity contribution in [1.82, 2.24) is 0 Å². The first-order valence-corrected chi connectivity index (χ1v) is 6.24. The predicted octanol–water partition coefficient (Wildman–Crippen LogP) is 2.84. The number of fused-ring (bicyclic) bond motifs is 1. The minimum Gasteiger partial charge on any atom is -0.508 e. The number of sulfone groups is 1. The molecule has 7 heteroatoms. The average molecular weight is 276 g/mol. The van der Waals surface area contributed by atoms with E-state index < -0.39 is 20.2 Å². The zero-order valence-corrected chi connectivity index (χ0v) is 9.59. The van der Waals surface area contributed by atoms with E-state index in [2.05, 4.69) is 0 Å². The normalized spacial score (nSPS) is 12.8. The van der Waals surface area contributed by atoms with Crippen molar-refractivity contribution in [3.05, 3.63) is 36.4 Å². The van der Waals surface area contributed by atoms with Crippen LogP contribution < -0.4 is 0 Å². The molecule has 0 heterocycles. The molecule has 96 valence electrons. The second-order valence-electron chi connectivity index (χ2n) is 3.64. The van der Waals surface area contributed by atoms with Gasteiger partial charge in [-0.1, -0.05) is 12.1 Å². The number of phenolic OH excluding ortho intramolecular Hbond substituents is 1. The number of rotatable bonds is 1. The third kappa shape index (κ3) is 2.01. The van der Waals surface area contributed by atoms with Crippen molar-refractivity contribution < 1.29 is 26.7 Å². The maximum Gasteiger partial charge on any atom is 0.501 e. The van der Waals surface area contributed by atoms with Crippen LogP contribution in [0, 0.1) is 0 Å². The van der Waals surface area contributed by atoms with Crippen LogP contribution in [0.25, 0.3) is 10.8 Å². The van der Waals surface area contributed by atoms with Crippen molar-refractivity contribution in [1.29, 1.82) is 0 Å². The van der Waals surface area contributed by atoms with E-state index in [1.165, 1.54) is 24.3 Å². The number of hydrogen-bond acceptors (Lipinski definition) is 3. The van der Waals surface area contributed by atoms with Gasteiger partial charge in [-0.05, 0) is 35.0 Å². The molecule has 2 aromatic carbocycles. The van der Waals surface area contributed by atoms with Crippen molar-refractivity contribution >= 4 is 20.6 Å². The van der Waals surface area contributed by atoms with Gasteiger partial charge in [-0.25, -0.2) is 8.42 Å². The minimum absolute atomic E-state index is 0.149. The molecule has 2 rings (SSSR count). The molecule has 0 fully saturated rings. The highest BCUT2D eigenvalue weighted by molar-refractivity contribution is 7.92. The fourth-order valence-electron chi connectivity index (χ4n) is 1.51. The van der Waals surface area contributed by atoms with E-state index in [0.717, 1.165) is 12.1 Å². The van der Waals surface area contributed by atoms with Gasteiger partial charge in [0, 0.05) is 0 Å². The Morgan fingerprint density at radius 1 is 0.944 bits per heavy atom. The molecule has 0 saturated carbocycles. The van der Waals surface area contributed by atoms with Crippen molar-refractivity contribution in [2.75, 3.05) is 0 Å². The van der Waals surface area contributed by atoms with Gasteiger partial charge in [-0.15, -0.1) is 0 Å². The van der Waals surface area contributed by atoms with Crippen LogP contribution in [-0.4, -0.2) is 19.0 Å².